The van der Waals surface area contributed by atoms with E-state index in [4.69, 9.17) is 32.7 Å². The average Bonchev–Trinajstić information content (AvgIpc) is 3.05. The summed E-state index contributed by atoms with van der Waals surface area (Å²) in [6.07, 6.45) is 0. The van der Waals surface area contributed by atoms with Gasteiger partial charge in [0.15, 0.2) is 0 Å². The molecule has 162 valence electrons. The van der Waals surface area contributed by atoms with E-state index in [0.29, 0.717) is 21.0 Å². The lowest BCUT2D eigenvalue weighted by molar-refractivity contribution is 0.0527. The van der Waals surface area contributed by atoms with Crippen molar-refractivity contribution < 1.29 is 19.1 Å². The molecule has 0 aliphatic carbocycles. The van der Waals surface area contributed by atoms with Crippen LogP contribution in [0.15, 0.2) is 66.7 Å². The van der Waals surface area contributed by atoms with Crippen molar-refractivity contribution in [3.8, 4) is 11.4 Å². The molecule has 0 fully saturated rings. The van der Waals surface area contributed by atoms with Gasteiger partial charge in [-0.2, -0.15) is 0 Å². The number of aromatic nitrogens is 1. The molecule has 1 heterocycles. The van der Waals surface area contributed by atoms with E-state index in [9.17, 15) is 9.59 Å². The fraction of sp³-hybridized carbons (Fsp3) is 0.120. The van der Waals surface area contributed by atoms with Gasteiger partial charge in [-0.05, 0) is 62.4 Å². The second kappa shape index (κ2) is 9.07. The zero-order valence-electron chi connectivity index (χ0n) is 17.4. The Balaban J connectivity index is 1.81. The Morgan fingerprint density at radius 2 is 1.59 bits per heavy atom. The molecular weight excluding hydrogens is 449 g/mol. The first-order valence-electron chi connectivity index (χ1n) is 9.95. The smallest absolute Gasteiger partial charge is 0.343 e. The largest absolute Gasteiger partial charge is 0.462 e. The number of carbonyl (C=O) groups excluding carboxylic acids is 2. The van der Waals surface area contributed by atoms with E-state index in [2.05, 4.69) is 0 Å². The molecule has 0 amide bonds. The van der Waals surface area contributed by atoms with Gasteiger partial charge in [0.1, 0.15) is 5.75 Å². The minimum absolute atomic E-state index is 0.228. The number of hydrogen-bond donors (Lipinski definition) is 0. The number of benzene rings is 3. The third-order valence-electron chi connectivity index (χ3n) is 4.98. The molecule has 4 aromatic rings. The van der Waals surface area contributed by atoms with Gasteiger partial charge >= 0.3 is 11.9 Å². The van der Waals surface area contributed by atoms with Crippen LogP contribution in [0, 0.1) is 6.92 Å². The van der Waals surface area contributed by atoms with Crippen LogP contribution in [0.1, 0.15) is 33.3 Å². The highest BCUT2D eigenvalue weighted by Crippen LogP contribution is 2.33. The molecule has 0 unspecified atom stereocenters. The predicted molar refractivity (Wildman–Crippen MR) is 125 cm³/mol. The molecule has 0 saturated carbocycles. The van der Waals surface area contributed by atoms with Crippen molar-refractivity contribution in [2.75, 3.05) is 6.61 Å². The number of ether oxygens (including phenoxy) is 2. The quantitative estimate of drug-likeness (QED) is 0.243. The zero-order valence-corrected chi connectivity index (χ0v) is 18.9. The molecule has 7 heteroatoms. The summed E-state index contributed by atoms with van der Waals surface area (Å²) < 4.78 is 12.8. The first-order valence-corrected chi connectivity index (χ1v) is 10.7. The average molecular weight is 468 g/mol. The van der Waals surface area contributed by atoms with E-state index in [1.165, 1.54) is 18.2 Å². The third-order valence-corrected chi connectivity index (χ3v) is 5.41. The summed E-state index contributed by atoms with van der Waals surface area (Å²) in [4.78, 5) is 25.4. The van der Waals surface area contributed by atoms with Crippen molar-refractivity contribution in [1.29, 1.82) is 0 Å². The van der Waals surface area contributed by atoms with Crippen LogP contribution < -0.4 is 4.74 Å². The fourth-order valence-electron chi connectivity index (χ4n) is 3.67. The molecule has 0 aliphatic rings. The van der Waals surface area contributed by atoms with Gasteiger partial charge in [-0.3, -0.25) is 0 Å². The maximum absolute atomic E-state index is 12.8. The Labute approximate surface area is 195 Å². The maximum atomic E-state index is 12.8. The van der Waals surface area contributed by atoms with Crippen molar-refractivity contribution in [2.45, 2.75) is 13.8 Å². The van der Waals surface area contributed by atoms with E-state index >= 15 is 0 Å². The SMILES string of the molecule is CCOC(=O)c1c(C)n(-c2ccccc2)c2ccc(OC(=O)c3cc(Cl)cc(Cl)c3)cc12. The van der Waals surface area contributed by atoms with Crippen LogP contribution in [-0.2, 0) is 4.74 Å². The van der Waals surface area contributed by atoms with Gasteiger partial charge in [-0.1, -0.05) is 41.4 Å². The standard InChI is InChI=1S/C25H19Cl2NO4/c1-3-31-25(30)23-15(2)28(19-7-5-4-6-8-19)22-10-9-20(14-21(22)23)32-24(29)16-11-17(26)13-18(27)12-16/h4-14H,3H2,1-2H3. The second-order valence-electron chi connectivity index (χ2n) is 7.08. The zero-order chi connectivity index (χ0) is 22.8. The van der Waals surface area contributed by atoms with E-state index in [0.717, 1.165) is 16.9 Å². The molecule has 5 nitrogen and oxygen atoms in total. The van der Waals surface area contributed by atoms with Crippen molar-refractivity contribution in [3.05, 3.63) is 93.6 Å². The first kappa shape index (κ1) is 21.9. The number of halogens is 2. The Kier molecular flexibility index (Phi) is 6.21. The van der Waals surface area contributed by atoms with Gasteiger partial charge in [0.25, 0.3) is 0 Å². The number of hydrogen-bond acceptors (Lipinski definition) is 4. The number of esters is 2. The van der Waals surface area contributed by atoms with E-state index < -0.39 is 11.9 Å². The predicted octanol–water partition coefficient (Wildman–Crippen LogP) is 6.64. The highest BCUT2D eigenvalue weighted by molar-refractivity contribution is 6.35. The molecule has 0 aliphatic heterocycles. The van der Waals surface area contributed by atoms with Gasteiger partial charge < -0.3 is 14.0 Å². The summed E-state index contributed by atoms with van der Waals surface area (Å²) in [5.74, 6) is -0.755. The van der Waals surface area contributed by atoms with Crippen LogP contribution in [0.2, 0.25) is 10.0 Å². The Morgan fingerprint density at radius 3 is 2.25 bits per heavy atom. The molecule has 0 atom stereocenters. The Hall–Kier alpha value is -3.28. The van der Waals surface area contributed by atoms with E-state index in [-0.39, 0.29) is 17.9 Å². The fourth-order valence-corrected chi connectivity index (χ4v) is 4.20. The summed E-state index contributed by atoms with van der Waals surface area (Å²) in [5, 5.41) is 1.29. The highest BCUT2D eigenvalue weighted by atomic mass is 35.5. The van der Waals surface area contributed by atoms with Gasteiger partial charge in [0.2, 0.25) is 0 Å². The number of fused-ring (bicyclic) bond motifs is 1. The first-order chi connectivity index (χ1) is 15.4. The van der Waals surface area contributed by atoms with Crippen molar-refractivity contribution in [2.24, 2.45) is 0 Å². The summed E-state index contributed by atoms with van der Waals surface area (Å²) in [6, 6.07) is 19.3. The summed E-state index contributed by atoms with van der Waals surface area (Å²) in [5.41, 5.74) is 3.08. The monoisotopic (exact) mass is 467 g/mol. The van der Waals surface area contributed by atoms with Crippen LogP contribution >= 0.6 is 23.2 Å². The van der Waals surface area contributed by atoms with Gasteiger partial charge in [-0.25, -0.2) is 9.59 Å². The molecule has 0 saturated heterocycles. The van der Waals surface area contributed by atoms with Crippen LogP contribution in [0.3, 0.4) is 0 Å². The van der Waals surface area contributed by atoms with Crippen LogP contribution in [-0.4, -0.2) is 23.1 Å². The lowest BCUT2D eigenvalue weighted by Gasteiger charge is -2.09. The van der Waals surface area contributed by atoms with Gasteiger partial charge in [0.05, 0.1) is 23.3 Å². The van der Waals surface area contributed by atoms with Crippen LogP contribution in [0.4, 0.5) is 0 Å². The highest BCUT2D eigenvalue weighted by Gasteiger charge is 2.23. The van der Waals surface area contributed by atoms with Gasteiger partial charge in [0, 0.05) is 26.8 Å². The normalized spacial score (nSPS) is 10.9. The maximum Gasteiger partial charge on any atom is 0.343 e. The lowest BCUT2D eigenvalue weighted by atomic mass is 10.1. The molecule has 1 aromatic heterocycles. The minimum Gasteiger partial charge on any atom is -0.462 e. The lowest BCUT2D eigenvalue weighted by Crippen LogP contribution is -2.09. The van der Waals surface area contributed by atoms with Crippen molar-refractivity contribution in [1.82, 2.24) is 4.57 Å². The molecule has 0 bridgehead atoms. The summed E-state index contributed by atoms with van der Waals surface area (Å²) >= 11 is 12.0. The second-order valence-corrected chi connectivity index (χ2v) is 7.95. The summed E-state index contributed by atoms with van der Waals surface area (Å²) in [6.45, 7) is 3.87. The van der Waals surface area contributed by atoms with Crippen LogP contribution in [0.25, 0.3) is 16.6 Å². The topological polar surface area (TPSA) is 57.5 Å². The molecule has 32 heavy (non-hydrogen) atoms. The van der Waals surface area contributed by atoms with E-state index in [1.807, 2.05) is 47.9 Å². The number of carbonyl (C=O) groups is 2. The number of nitrogens with zero attached hydrogens (tertiary/aromatic N) is 1. The van der Waals surface area contributed by atoms with Gasteiger partial charge in [-0.15, -0.1) is 0 Å². The molecule has 0 spiro atoms. The third kappa shape index (κ3) is 4.22. The number of rotatable bonds is 5. The molecule has 0 radical (unpaired) electrons. The summed E-state index contributed by atoms with van der Waals surface area (Å²) in [7, 11) is 0. The Bertz CT molecular complexity index is 1310. The number of para-hydroxylation sites is 1. The van der Waals surface area contributed by atoms with Crippen molar-refractivity contribution in [3.63, 3.8) is 0 Å². The molecule has 0 N–H and O–H groups in total. The molecule has 3 aromatic carbocycles. The van der Waals surface area contributed by atoms with Crippen LogP contribution in [0.5, 0.6) is 5.75 Å². The molecular formula is C25H19Cl2NO4. The van der Waals surface area contributed by atoms with Crippen molar-refractivity contribution >= 4 is 46.0 Å². The Morgan fingerprint density at radius 1 is 0.906 bits per heavy atom. The molecule has 4 rings (SSSR count). The minimum atomic E-state index is -0.606. The van der Waals surface area contributed by atoms with E-state index in [1.54, 1.807) is 19.1 Å².